The van der Waals surface area contributed by atoms with Crippen molar-refractivity contribution in [3.05, 3.63) is 58.8 Å². The van der Waals surface area contributed by atoms with Gasteiger partial charge in [0.1, 0.15) is 34.0 Å². The molecule has 6 N–H and O–H groups in total. The van der Waals surface area contributed by atoms with Crippen LogP contribution in [0.5, 0.6) is 23.0 Å². The summed E-state index contributed by atoms with van der Waals surface area (Å²) < 4.78 is 0. The monoisotopic (exact) mass is 408 g/mol. The Bertz CT molecular complexity index is 1030. The molecule has 0 spiro atoms. The molecule has 0 saturated heterocycles. The second kappa shape index (κ2) is 8.13. The Balaban J connectivity index is 0.000000187. The zero-order valence-corrected chi connectivity index (χ0v) is 15.1. The van der Waals surface area contributed by atoms with Gasteiger partial charge in [-0.15, -0.1) is 0 Å². The first-order valence-corrected chi connectivity index (χ1v) is 8.05. The van der Waals surface area contributed by atoms with Gasteiger partial charge < -0.3 is 25.9 Å². The Hall–Kier alpha value is -3.00. The van der Waals surface area contributed by atoms with Gasteiger partial charge in [0.2, 0.25) is 0 Å². The highest BCUT2D eigenvalue weighted by Crippen LogP contribution is 2.32. The van der Waals surface area contributed by atoms with Crippen molar-refractivity contribution < 1.29 is 25.9 Å². The number of aromatic hydroxyl groups is 4. The second-order valence-electron chi connectivity index (χ2n) is 5.31. The van der Waals surface area contributed by atoms with Gasteiger partial charge in [-0.25, -0.2) is 0 Å². The molecule has 9 heteroatoms. The minimum absolute atomic E-state index is 0. The van der Waals surface area contributed by atoms with Crippen molar-refractivity contribution in [1.82, 2.24) is 9.97 Å². The summed E-state index contributed by atoms with van der Waals surface area (Å²) in [5.41, 5.74) is 0.788. The molecule has 0 aliphatic carbocycles. The van der Waals surface area contributed by atoms with E-state index in [0.29, 0.717) is 31.9 Å². The van der Waals surface area contributed by atoms with Gasteiger partial charge in [0.05, 0.1) is 10.0 Å². The van der Waals surface area contributed by atoms with Gasteiger partial charge in [-0.2, -0.15) is 0 Å². The molecule has 0 unspecified atom stereocenters. The van der Waals surface area contributed by atoms with E-state index in [0.717, 1.165) is 0 Å². The first kappa shape index (κ1) is 20.3. The molecule has 2 heterocycles. The molecule has 0 saturated carbocycles. The molecule has 140 valence electrons. The van der Waals surface area contributed by atoms with E-state index in [1.54, 1.807) is 12.1 Å². The highest BCUT2D eigenvalue weighted by molar-refractivity contribution is 6.35. The Morgan fingerprint density at radius 2 is 1.00 bits per heavy atom. The Morgan fingerprint density at radius 1 is 0.630 bits per heavy atom. The number of rotatable bonds is 0. The van der Waals surface area contributed by atoms with Crippen molar-refractivity contribution in [3.8, 4) is 23.0 Å². The fourth-order valence-corrected chi connectivity index (χ4v) is 2.78. The van der Waals surface area contributed by atoms with Crippen molar-refractivity contribution >= 4 is 45.0 Å². The van der Waals surface area contributed by atoms with E-state index in [1.165, 1.54) is 36.7 Å². The molecule has 0 radical (unpaired) electrons. The topological polar surface area (TPSA) is 138 Å². The largest absolute Gasteiger partial charge is 0.508 e. The maximum Gasteiger partial charge on any atom is 0.145 e. The Morgan fingerprint density at radius 3 is 1.37 bits per heavy atom. The van der Waals surface area contributed by atoms with E-state index < -0.39 is 0 Å². The number of fused-ring (bicyclic) bond motifs is 2. The Labute approximate surface area is 163 Å². The number of phenols is 4. The molecule has 0 aliphatic rings. The van der Waals surface area contributed by atoms with Gasteiger partial charge in [0.25, 0.3) is 0 Å². The molecule has 27 heavy (non-hydrogen) atoms. The second-order valence-corrected chi connectivity index (χ2v) is 6.12. The normalized spacial score (nSPS) is 10.1. The molecular weight excluding hydrogens is 395 g/mol. The van der Waals surface area contributed by atoms with E-state index in [4.69, 9.17) is 23.2 Å². The predicted octanol–water partition coefficient (Wildman–Crippen LogP) is 3.77. The summed E-state index contributed by atoms with van der Waals surface area (Å²) >= 11 is 11.7. The van der Waals surface area contributed by atoms with Crippen molar-refractivity contribution in [2.45, 2.75) is 0 Å². The van der Waals surface area contributed by atoms with Crippen LogP contribution in [0.25, 0.3) is 21.8 Å². The number of nitrogens with zero attached hydrogens (tertiary/aromatic N) is 2. The molecule has 4 aromatic rings. The van der Waals surface area contributed by atoms with E-state index in [1.807, 2.05) is 0 Å². The first-order chi connectivity index (χ1) is 12.4. The first-order valence-electron chi connectivity index (χ1n) is 7.29. The van der Waals surface area contributed by atoms with Gasteiger partial charge in [0.15, 0.2) is 0 Å². The van der Waals surface area contributed by atoms with Gasteiger partial charge in [-0.1, -0.05) is 23.2 Å². The van der Waals surface area contributed by atoms with E-state index >= 15 is 0 Å². The summed E-state index contributed by atoms with van der Waals surface area (Å²) in [6.45, 7) is 0. The number of pyridine rings is 2. The third-order valence-electron chi connectivity index (χ3n) is 3.51. The third-order valence-corrected chi connectivity index (χ3v) is 4.17. The van der Waals surface area contributed by atoms with Crippen LogP contribution < -0.4 is 0 Å². The molecule has 2 aromatic heterocycles. The molecule has 0 aliphatic heterocycles. The molecular formula is C18H14Cl2N2O5. The van der Waals surface area contributed by atoms with Gasteiger partial charge in [0, 0.05) is 35.3 Å². The fourth-order valence-electron chi connectivity index (χ4n) is 2.38. The lowest BCUT2D eigenvalue weighted by molar-refractivity contribution is 0.453. The lowest BCUT2D eigenvalue weighted by Gasteiger charge is -2.02. The fraction of sp³-hybridized carbons (Fsp3) is 0. The molecule has 7 nitrogen and oxygen atoms in total. The molecule has 2 aromatic carbocycles. The minimum atomic E-state index is -0.0718. The molecule has 0 amide bonds. The SMILES string of the molecule is O.Oc1cc(O)c2nccc(Cl)c2c1.Oc1cc(O)c2nccc(Cl)c2c1. The van der Waals surface area contributed by atoms with E-state index in [9.17, 15) is 20.4 Å². The van der Waals surface area contributed by atoms with Crippen LogP contribution in [-0.4, -0.2) is 35.9 Å². The van der Waals surface area contributed by atoms with Crippen molar-refractivity contribution in [2.24, 2.45) is 0 Å². The summed E-state index contributed by atoms with van der Waals surface area (Å²) in [4.78, 5) is 7.87. The maximum atomic E-state index is 9.40. The molecule has 0 fully saturated rings. The van der Waals surface area contributed by atoms with Gasteiger partial charge in [-0.05, 0) is 24.3 Å². The number of aromatic nitrogens is 2. The van der Waals surface area contributed by atoms with E-state index in [-0.39, 0.29) is 28.5 Å². The summed E-state index contributed by atoms with van der Waals surface area (Å²) in [7, 11) is 0. The number of benzene rings is 2. The zero-order chi connectivity index (χ0) is 18.8. The van der Waals surface area contributed by atoms with Crippen LogP contribution in [0.2, 0.25) is 10.0 Å². The number of halogens is 2. The Kier molecular flexibility index (Phi) is 6.12. The lowest BCUT2D eigenvalue weighted by Crippen LogP contribution is -1.80. The minimum Gasteiger partial charge on any atom is -0.508 e. The van der Waals surface area contributed by atoms with Crippen LogP contribution in [0.4, 0.5) is 0 Å². The number of hydrogen-bond donors (Lipinski definition) is 4. The van der Waals surface area contributed by atoms with Crippen LogP contribution in [0.15, 0.2) is 48.8 Å². The lowest BCUT2D eigenvalue weighted by atomic mass is 10.2. The highest BCUT2D eigenvalue weighted by atomic mass is 35.5. The third kappa shape index (κ3) is 4.22. The smallest absolute Gasteiger partial charge is 0.145 e. The van der Waals surface area contributed by atoms with Crippen LogP contribution in [0, 0.1) is 0 Å². The van der Waals surface area contributed by atoms with Gasteiger partial charge in [-0.3, -0.25) is 9.97 Å². The van der Waals surface area contributed by atoms with Crippen LogP contribution >= 0.6 is 23.2 Å². The van der Waals surface area contributed by atoms with Crippen LogP contribution in [-0.2, 0) is 0 Å². The van der Waals surface area contributed by atoms with Crippen molar-refractivity contribution in [3.63, 3.8) is 0 Å². The standard InChI is InChI=1S/2C9H6ClNO2.H2O/c2*10-7-1-2-11-9-6(7)3-5(12)4-8(9)13;/h2*1-4,12-13H;1H2. The van der Waals surface area contributed by atoms with Crippen molar-refractivity contribution in [2.75, 3.05) is 0 Å². The molecule has 4 rings (SSSR count). The van der Waals surface area contributed by atoms with Crippen LogP contribution in [0.3, 0.4) is 0 Å². The summed E-state index contributed by atoms with van der Waals surface area (Å²) in [6, 6.07) is 8.58. The predicted molar refractivity (Wildman–Crippen MR) is 104 cm³/mol. The van der Waals surface area contributed by atoms with E-state index in [2.05, 4.69) is 9.97 Å². The van der Waals surface area contributed by atoms with Gasteiger partial charge >= 0.3 is 0 Å². The number of hydrogen-bond acceptors (Lipinski definition) is 6. The average molecular weight is 409 g/mol. The maximum absolute atomic E-state index is 9.40. The summed E-state index contributed by atoms with van der Waals surface area (Å²) in [6.07, 6.45) is 3.00. The summed E-state index contributed by atoms with van der Waals surface area (Å²) in [5, 5.41) is 39.2. The highest BCUT2D eigenvalue weighted by Gasteiger charge is 2.07. The number of phenolic OH excluding ortho intramolecular Hbond substituents is 4. The average Bonchev–Trinajstić information content (AvgIpc) is 2.57. The summed E-state index contributed by atoms with van der Waals surface area (Å²) in [5.74, 6) is -0.199. The molecule has 0 atom stereocenters. The zero-order valence-electron chi connectivity index (χ0n) is 13.6. The van der Waals surface area contributed by atoms with Crippen molar-refractivity contribution in [1.29, 1.82) is 0 Å². The van der Waals surface area contributed by atoms with Crippen LogP contribution in [0.1, 0.15) is 0 Å². The molecule has 0 bridgehead atoms. The quantitative estimate of drug-likeness (QED) is 0.349.